The van der Waals surface area contributed by atoms with Crippen molar-refractivity contribution in [3.63, 3.8) is 0 Å². The molecule has 2 aliphatic rings. The number of hydrogen-bond donors (Lipinski definition) is 0. The van der Waals surface area contributed by atoms with E-state index in [4.69, 9.17) is 11.6 Å². The smallest absolute Gasteiger partial charge is 0.142 e. The molecule has 2 fully saturated rings. The summed E-state index contributed by atoms with van der Waals surface area (Å²) in [7, 11) is 0. The molecular formula is C27H35ClF2. The van der Waals surface area contributed by atoms with Crippen molar-refractivity contribution in [1.29, 1.82) is 0 Å². The van der Waals surface area contributed by atoms with Gasteiger partial charge in [0.2, 0.25) is 0 Å². The van der Waals surface area contributed by atoms with Crippen LogP contribution in [-0.4, -0.2) is 0 Å². The molecule has 30 heavy (non-hydrogen) atoms. The van der Waals surface area contributed by atoms with E-state index in [1.807, 2.05) is 6.08 Å². The van der Waals surface area contributed by atoms with Crippen molar-refractivity contribution in [2.24, 2.45) is 17.8 Å². The molecule has 0 amide bonds. The van der Waals surface area contributed by atoms with Crippen LogP contribution >= 0.6 is 11.6 Å². The van der Waals surface area contributed by atoms with Gasteiger partial charge in [0.1, 0.15) is 11.6 Å². The van der Waals surface area contributed by atoms with Crippen LogP contribution in [0.5, 0.6) is 0 Å². The molecule has 0 N–H and O–H groups in total. The molecular weight excluding hydrogens is 398 g/mol. The monoisotopic (exact) mass is 432 g/mol. The molecule has 1 aromatic rings. The number of hydrogen-bond acceptors (Lipinski definition) is 0. The van der Waals surface area contributed by atoms with E-state index in [2.05, 4.69) is 18.8 Å². The van der Waals surface area contributed by atoms with E-state index in [-0.39, 0.29) is 17.4 Å². The van der Waals surface area contributed by atoms with Gasteiger partial charge in [0, 0.05) is 11.5 Å². The first kappa shape index (κ1) is 23.3. The zero-order valence-corrected chi connectivity index (χ0v) is 19.0. The van der Waals surface area contributed by atoms with Crippen molar-refractivity contribution >= 4 is 11.6 Å². The lowest BCUT2D eigenvalue weighted by molar-refractivity contribution is 0.302. The molecule has 0 spiro atoms. The Bertz CT molecular complexity index is 734. The molecule has 0 saturated heterocycles. The molecule has 1 aromatic carbocycles. The number of rotatable bonds is 6. The first-order chi connectivity index (χ1) is 14.6. The lowest BCUT2D eigenvalue weighted by Crippen LogP contribution is -2.14. The Morgan fingerprint density at radius 1 is 0.967 bits per heavy atom. The largest absolute Gasteiger partial charge is 0.206 e. The molecule has 0 atom stereocenters. The average molecular weight is 433 g/mol. The summed E-state index contributed by atoms with van der Waals surface area (Å²) in [4.78, 5) is 0. The minimum atomic E-state index is -0.499. The minimum absolute atomic E-state index is 0.0604. The fourth-order valence-electron chi connectivity index (χ4n) is 5.15. The van der Waals surface area contributed by atoms with E-state index in [1.54, 1.807) is 5.54 Å². The van der Waals surface area contributed by atoms with Crippen molar-refractivity contribution in [2.75, 3.05) is 0 Å². The maximum absolute atomic E-state index is 14.7. The van der Waals surface area contributed by atoms with Crippen LogP contribution in [0.2, 0.25) is 0 Å². The summed E-state index contributed by atoms with van der Waals surface area (Å²) < 4.78 is 29.4. The number of unbranched alkanes of at least 4 members (excludes halogenated alkanes) is 2. The molecule has 2 saturated carbocycles. The van der Waals surface area contributed by atoms with Gasteiger partial charge in [0.05, 0.1) is 5.56 Å². The molecule has 0 radical (unpaired) electrons. The van der Waals surface area contributed by atoms with Crippen LogP contribution in [0.1, 0.15) is 101 Å². The first-order valence-corrected chi connectivity index (χ1v) is 12.3. The normalized spacial score (nSPS) is 27.1. The zero-order chi connectivity index (χ0) is 21.3. The summed E-state index contributed by atoms with van der Waals surface area (Å²) in [6.07, 6.45) is 15.7. The maximum Gasteiger partial charge on any atom is 0.142 e. The van der Waals surface area contributed by atoms with Gasteiger partial charge in [-0.2, -0.15) is 0 Å². The van der Waals surface area contributed by atoms with E-state index in [0.29, 0.717) is 5.92 Å². The van der Waals surface area contributed by atoms with Crippen LogP contribution in [0.25, 0.3) is 0 Å². The second-order valence-electron chi connectivity index (χ2n) is 9.27. The SMILES string of the molecule is CCCCCC1CCC(c2cc(F)c(C#CC3CCC(C=CCl)CC3)c(F)c2)CC1. The van der Waals surface area contributed by atoms with Crippen LogP contribution in [0.4, 0.5) is 8.78 Å². The number of halogens is 3. The molecule has 0 unspecified atom stereocenters. The summed E-state index contributed by atoms with van der Waals surface area (Å²) in [6.45, 7) is 2.24. The molecule has 0 aliphatic heterocycles. The quantitative estimate of drug-likeness (QED) is 0.311. The molecule has 3 heteroatoms. The predicted octanol–water partition coefficient (Wildman–Crippen LogP) is 8.73. The first-order valence-electron chi connectivity index (χ1n) is 11.9. The lowest BCUT2D eigenvalue weighted by atomic mass is 9.77. The van der Waals surface area contributed by atoms with Crippen molar-refractivity contribution in [2.45, 2.75) is 89.9 Å². The Hall–Kier alpha value is -1.33. The van der Waals surface area contributed by atoms with Gasteiger partial charge in [-0.25, -0.2) is 8.78 Å². The van der Waals surface area contributed by atoms with Gasteiger partial charge in [0.15, 0.2) is 0 Å². The molecule has 0 aromatic heterocycles. The van der Waals surface area contributed by atoms with Gasteiger partial charge in [-0.1, -0.05) is 62.1 Å². The van der Waals surface area contributed by atoms with Crippen molar-refractivity contribution < 1.29 is 8.78 Å². The highest BCUT2D eigenvalue weighted by atomic mass is 35.5. The maximum atomic E-state index is 14.7. The fraction of sp³-hybridized carbons (Fsp3) is 0.630. The van der Waals surface area contributed by atoms with Gasteiger partial charge in [-0.05, 0) is 86.8 Å². The highest BCUT2D eigenvalue weighted by Gasteiger charge is 2.24. The highest BCUT2D eigenvalue weighted by molar-refractivity contribution is 6.25. The van der Waals surface area contributed by atoms with Gasteiger partial charge >= 0.3 is 0 Å². The molecule has 2 aliphatic carbocycles. The Morgan fingerprint density at radius 3 is 2.23 bits per heavy atom. The molecule has 0 nitrogen and oxygen atoms in total. The third-order valence-electron chi connectivity index (χ3n) is 7.12. The van der Waals surface area contributed by atoms with E-state index in [1.165, 1.54) is 50.7 Å². The molecule has 0 heterocycles. The third kappa shape index (κ3) is 6.58. The van der Waals surface area contributed by atoms with Crippen LogP contribution in [0.3, 0.4) is 0 Å². The van der Waals surface area contributed by atoms with Crippen LogP contribution in [0.15, 0.2) is 23.7 Å². The van der Waals surface area contributed by atoms with Crippen LogP contribution in [0, 0.1) is 41.2 Å². The third-order valence-corrected chi connectivity index (χ3v) is 7.26. The van der Waals surface area contributed by atoms with Gasteiger partial charge in [0.25, 0.3) is 0 Å². The van der Waals surface area contributed by atoms with Crippen LogP contribution in [-0.2, 0) is 0 Å². The standard InChI is InChI=1S/C27H35ClF2/c1-2-3-4-5-20-10-13-23(14-11-20)24-18-26(29)25(27(30)19-24)15-12-21-6-8-22(9-7-21)16-17-28/h16-23H,2-11,13-14H2,1H3. The summed E-state index contributed by atoms with van der Waals surface area (Å²) >= 11 is 5.66. The Labute approximate surface area is 186 Å². The summed E-state index contributed by atoms with van der Waals surface area (Å²) in [5.41, 5.74) is 2.34. The Morgan fingerprint density at radius 2 is 1.63 bits per heavy atom. The van der Waals surface area contributed by atoms with E-state index < -0.39 is 11.6 Å². The Balaban J connectivity index is 1.58. The van der Waals surface area contributed by atoms with E-state index in [9.17, 15) is 8.78 Å². The topological polar surface area (TPSA) is 0 Å². The van der Waals surface area contributed by atoms with E-state index >= 15 is 0 Å². The Kier molecular flexibility index (Phi) is 9.26. The fourth-order valence-corrected chi connectivity index (χ4v) is 5.35. The minimum Gasteiger partial charge on any atom is -0.206 e. The van der Waals surface area contributed by atoms with Crippen molar-refractivity contribution in [1.82, 2.24) is 0 Å². The van der Waals surface area contributed by atoms with Crippen LogP contribution < -0.4 is 0 Å². The average Bonchev–Trinajstić information content (AvgIpc) is 2.75. The number of benzene rings is 1. The second kappa shape index (κ2) is 11.9. The van der Waals surface area contributed by atoms with Crippen molar-refractivity contribution in [3.8, 4) is 11.8 Å². The van der Waals surface area contributed by atoms with Gasteiger partial charge in [-0.3, -0.25) is 0 Å². The van der Waals surface area contributed by atoms with Gasteiger partial charge in [-0.15, -0.1) is 0 Å². The van der Waals surface area contributed by atoms with E-state index in [0.717, 1.165) is 50.0 Å². The molecule has 164 valence electrons. The zero-order valence-electron chi connectivity index (χ0n) is 18.2. The molecule has 3 rings (SSSR count). The predicted molar refractivity (Wildman–Crippen MR) is 123 cm³/mol. The summed E-state index contributed by atoms with van der Waals surface area (Å²) in [5.74, 6) is 6.75. The highest BCUT2D eigenvalue weighted by Crippen LogP contribution is 2.38. The number of allylic oxidation sites excluding steroid dienone is 1. The molecule has 0 bridgehead atoms. The van der Waals surface area contributed by atoms with Crippen molar-refractivity contribution in [3.05, 3.63) is 46.5 Å². The summed E-state index contributed by atoms with van der Waals surface area (Å²) in [6, 6.07) is 3.08. The second-order valence-corrected chi connectivity index (χ2v) is 9.52. The van der Waals surface area contributed by atoms with Gasteiger partial charge < -0.3 is 0 Å². The lowest BCUT2D eigenvalue weighted by Gasteiger charge is -2.29. The summed E-state index contributed by atoms with van der Waals surface area (Å²) in [5, 5.41) is 0.